The molecule has 1 aromatic carbocycles. The molecule has 6 nitrogen and oxygen atoms in total. The Balaban J connectivity index is 2.02. The van der Waals surface area contributed by atoms with Crippen LogP contribution in [0.25, 0.3) is 10.2 Å². The highest BCUT2D eigenvalue weighted by molar-refractivity contribution is 7.18. The molecule has 0 radical (unpaired) electrons. The molecule has 26 heavy (non-hydrogen) atoms. The number of thiazole rings is 1. The topological polar surface area (TPSA) is 80.3 Å². The Bertz CT molecular complexity index is 771. The number of hydrogen-bond donors (Lipinski definition) is 2. The van der Waals surface area contributed by atoms with Crippen molar-refractivity contribution in [1.82, 2.24) is 15.6 Å². The largest absolute Gasteiger partial charge is 0.448 e. The second-order valence-electron chi connectivity index (χ2n) is 5.70. The van der Waals surface area contributed by atoms with Crippen molar-refractivity contribution in [3.05, 3.63) is 29.0 Å². The second-order valence-corrected chi connectivity index (χ2v) is 7.15. The van der Waals surface area contributed by atoms with Crippen LogP contribution < -0.4 is 10.6 Å². The van der Waals surface area contributed by atoms with Gasteiger partial charge in [0.25, 0.3) is 0 Å². The number of nitrogens with one attached hydrogen (secondary N) is 2. The van der Waals surface area contributed by atoms with Gasteiger partial charge in [-0.05, 0) is 31.5 Å². The van der Waals surface area contributed by atoms with Crippen LogP contribution in [-0.2, 0) is 9.53 Å². The van der Waals surface area contributed by atoms with Gasteiger partial charge in [0.2, 0.25) is 5.91 Å². The van der Waals surface area contributed by atoms with Gasteiger partial charge in [-0.15, -0.1) is 22.9 Å². The van der Waals surface area contributed by atoms with E-state index in [0.717, 1.165) is 0 Å². The van der Waals surface area contributed by atoms with E-state index >= 15 is 0 Å². The van der Waals surface area contributed by atoms with Gasteiger partial charge in [0.15, 0.2) is 0 Å². The molecule has 1 heterocycles. The molecule has 1 aromatic heterocycles. The van der Waals surface area contributed by atoms with E-state index in [0.29, 0.717) is 28.1 Å². The molecule has 142 valence electrons. The number of fused-ring (bicyclic) bond motifs is 1. The van der Waals surface area contributed by atoms with Crippen LogP contribution in [0, 0.1) is 5.82 Å². The molecule has 0 aliphatic heterocycles. The number of halogens is 2. The minimum absolute atomic E-state index is 0.0759. The first-order valence-electron chi connectivity index (χ1n) is 8.30. The van der Waals surface area contributed by atoms with E-state index in [1.165, 1.54) is 23.5 Å². The number of nitrogens with zero attached hydrogens (tertiary/aromatic N) is 1. The Kier molecular flexibility index (Phi) is 7.59. The monoisotopic (exact) mass is 401 g/mol. The summed E-state index contributed by atoms with van der Waals surface area (Å²) < 4.78 is 18.9. The lowest BCUT2D eigenvalue weighted by Gasteiger charge is -2.19. The van der Waals surface area contributed by atoms with Crippen molar-refractivity contribution in [3.63, 3.8) is 0 Å². The predicted octanol–water partition coefficient (Wildman–Crippen LogP) is 3.75. The van der Waals surface area contributed by atoms with Crippen molar-refractivity contribution in [2.75, 3.05) is 12.5 Å². The molecule has 0 fully saturated rings. The zero-order valence-electron chi connectivity index (χ0n) is 14.6. The van der Waals surface area contributed by atoms with Gasteiger partial charge >= 0.3 is 6.09 Å². The van der Waals surface area contributed by atoms with Gasteiger partial charge in [-0.25, -0.2) is 14.2 Å². The molecule has 0 saturated carbocycles. The average molecular weight is 402 g/mol. The third kappa shape index (κ3) is 5.54. The van der Waals surface area contributed by atoms with Crippen LogP contribution in [0.5, 0.6) is 0 Å². The van der Waals surface area contributed by atoms with Gasteiger partial charge in [-0.1, -0.05) is 13.3 Å². The number of aromatic nitrogens is 1. The van der Waals surface area contributed by atoms with E-state index in [2.05, 4.69) is 15.6 Å². The van der Waals surface area contributed by atoms with Crippen LogP contribution in [0.2, 0.25) is 0 Å². The minimum atomic E-state index is -0.711. The maximum Gasteiger partial charge on any atom is 0.407 e. The van der Waals surface area contributed by atoms with Gasteiger partial charge in [0.1, 0.15) is 23.5 Å². The van der Waals surface area contributed by atoms with Crippen LogP contribution in [-0.4, -0.2) is 35.5 Å². The number of rotatable bonds is 8. The predicted molar refractivity (Wildman–Crippen MR) is 100 cm³/mol. The van der Waals surface area contributed by atoms with Crippen molar-refractivity contribution in [3.8, 4) is 0 Å². The summed E-state index contributed by atoms with van der Waals surface area (Å²) in [5.74, 6) is -0.465. The molecule has 0 unspecified atom stereocenters. The zero-order chi connectivity index (χ0) is 19.1. The first kappa shape index (κ1) is 20.4. The molecule has 2 atom stereocenters. The minimum Gasteiger partial charge on any atom is -0.448 e. The molecule has 2 rings (SSSR count). The van der Waals surface area contributed by atoms with Crippen molar-refractivity contribution in [2.45, 2.75) is 38.8 Å². The van der Waals surface area contributed by atoms with Gasteiger partial charge in [0, 0.05) is 0 Å². The number of alkyl halides is 1. The molecular weight excluding hydrogens is 381 g/mol. The fourth-order valence-electron chi connectivity index (χ4n) is 2.35. The maximum atomic E-state index is 13.3. The molecule has 9 heteroatoms. The molecular formula is C17H21ClFN3O3S. The molecule has 0 aliphatic carbocycles. The van der Waals surface area contributed by atoms with Crippen LogP contribution >= 0.6 is 22.9 Å². The normalized spacial score (nSPS) is 13.2. The lowest BCUT2D eigenvalue weighted by Crippen LogP contribution is -2.47. The van der Waals surface area contributed by atoms with Crippen LogP contribution in [0.1, 0.15) is 37.7 Å². The Morgan fingerprint density at radius 3 is 2.85 bits per heavy atom. The van der Waals surface area contributed by atoms with E-state index in [1.54, 1.807) is 13.0 Å². The first-order valence-corrected chi connectivity index (χ1v) is 9.65. The van der Waals surface area contributed by atoms with Crippen LogP contribution in [0.3, 0.4) is 0 Å². The summed E-state index contributed by atoms with van der Waals surface area (Å²) in [5, 5.41) is 6.05. The number of alkyl carbamates (subject to hydrolysis) is 1. The van der Waals surface area contributed by atoms with Crippen molar-refractivity contribution in [1.29, 1.82) is 0 Å². The Morgan fingerprint density at radius 2 is 2.15 bits per heavy atom. The number of ether oxygens (including phenoxy) is 1. The molecule has 0 aliphatic rings. The Labute approximate surface area is 160 Å². The van der Waals surface area contributed by atoms with Gasteiger partial charge in [0.05, 0.1) is 22.1 Å². The third-order valence-corrected chi connectivity index (χ3v) is 4.95. The molecule has 0 spiro atoms. The standard InChI is InChI=1S/C17H21ClFN3O3S/c1-3-4-13(22-17(24)25-8-7-18)15(23)20-10(2)16-21-12-6-5-11(19)9-14(12)26-16/h5-6,9-10,13H,3-4,7-8H2,1-2H3,(H,20,23)(H,22,24)/t10-,13+/m1/s1. The molecule has 2 aromatic rings. The summed E-state index contributed by atoms with van der Waals surface area (Å²) in [6.45, 7) is 3.78. The summed E-state index contributed by atoms with van der Waals surface area (Å²) in [7, 11) is 0. The summed E-state index contributed by atoms with van der Waals surface area (Å²) in [4.78, 5) is 28.6. The number of amides is 2. The highest BCUT2D eigenvalue weighted by atomic mass is 35.5. The molecule has 2 amide bonds. The van der Waals surface area contributed by atoms with E-state index in [9.17, 15) is 14.0 Å². The smallest absolute Gasteiger partial charge is 0.407 e. The second kappa shape index (κ2) is 9.68. The fourth-order valence-corrected chi connectivity index (χ4v) is 3.42. The number of carbonyl (C=O) groups excluding carboxylic acids is 2. The Morgan fingerprint density at radius 1 is 1.38 bits per heavy atom. The fraction of sp³-hybridized carbons (Fsp3) is 0.471. The lowest BCUT2D eigenvalue weighted by molar-refractivity contribution is -0.123. The number of hydrogen-bond acceptors (Lipinski definition) is 5. The van der Waals surface area contributed by atoms with Crippen molar-refractivity contribution < 1.29 is 18.7 Å². The molecule has 0 saturated heterocycles. The van der Waals surface area contributed by atoms with E-state index in [-0.39, 0.29) is 30.3 Å². The maximum absolute atomic E-state index is 13.3. The summed E-state index contributed by atoms with van der Waals surface area (Å²) in [6.07, 6.45) is 0.504. The van der Waals surface area contributed by atoms with Crippen LogP contribution in [0.15, 0.2) is 18.2 Å². The summed E-state index contributed by atoms with van der Waals surface area (Å²) in [6, 6.07) is 3.29. The van der Waals surface area contributed by atoms with Crippen LogP contribution in [0.4, 0.5) is 9.18 Å². The lowest BCUT2D eigenvalue weighted by atomic mass is 10.1. The first-order chi connectivity index (χ1) is 12.4. The summed E-state index contributed by atoms with van der Waals surface area (Å²) in [5.41, 5.74) is 0.681. The average Bonchev–Trinajstić information content (AvgIpc) is 3.02. The third-order valence-electron chi connectivity index (χ3n) is 3.59. The Hall–Kier alpha value is -1.93. The number of carbonyl (C=O) groups is 2. The number of benzene rings is 1. The van der Waals surface area contributed by atoms with E-state index in [4.69, 9.17) is 16.3 Å². The highest BCUT2D eigenvalue weighted by Crippen LogP contribution is 2.27. The summed E-state index contributed by atoms with van der Waals surface area (Å²) >= 11 is 6.79. The van der Waals surface area contributed by atoms with E-state index in [1.807, 2.05) is 6.92 Å². The molecule has 2 N–H and O–H groups in total. The van der Waals surface area contributed by atoms with Crippen molar-refractivity contribution in [2.24, 2.45) is 0 Å². The SMILES string of the molecule is CCC[C@H](NC(=O)OCCCl)C(=O)N[C@H](C)c1nc2ccc(F)cc2s1. The van der Waals surface area contributed by atoms with Crippen molar-refractivity contribution >= 4 is 45.2 Å². The van der Waals surface area contributed by atoms with E-state index < -0.39 is 12.1 Å². The van der Waals surface area contributed by atoms with Gasteiger partial charge in [-0.3, -0.25) is 4.79 Å². The molecule has 0 bridgehead atoms. The highest BCUT2D eigenvalue weighted by Gasteiger charge is 2.23. The zero-order valence-corrected chi connectivity index (χ0v) is 16.1. The van der Waals surface area contributed by atoms with Gasteiger partial charge < -0.3 is 15.4 Å². The van der Waals surface area contributed by atoms with Gasteiger partial charge in [-0.2, -0.15) is 0 Å². The quantitative estimate of drug-likeness (QED) is 0.660.